The Morgan fingerprint density at radius 3 is 2.63 bits per heavy atom. The number of hydrogen-bond acceptors (Lipinski definition) is 3. The molecule has 1 aromatic rings. The fourth-order valence-electron chi connectivity index (χ4n) is 2.51. The predicted octanol–water partition coefficient (Wildman–Crippen LogP) is 1.93. The van der Waals surface area contributed by atoms with Crippen LogP contribution in [0.15, 0.2) is 30.3 Å². The lowest BCUT2D eigenvalue weighted by molar-refractivity contribution is 0.0381. The molecule has 0 bridgehead atoms. The third-order valence-corrected chi connectivity index (χ3v) is 3.78. The summed E-state index contributed by atoms with van der Waals surface area (Å²) in [6.07, 6.45) is 2.30. The van der Waals surface area contributed by atoms with Crippen LogP contribution in [0.5, 0.6) is 0 Å². The summed E-state index contributed by atoms with van der Waals surface area (Å²) in [4.78, 5) is 2.48. The van der Waals surface area contributed by atoms with Crippen molar-refractivity contribution < 1.29 is 4.74 Å². The van der Waals surface area contributed by atoms with Crippen LogP contribution in [-0.4, -0.2) is 50.3 Å². The van der Waals surface area contributed by atoms with Gasteiger partial charge in [-0.1, -0.05) is 37.3 Å². The Bertz CT molecular complexity index is 336. The van der Waals surface area contributed by atoms with E-state index in [4.69, 9.17) is 4.74 Å². The Balaban J connectivity index is 1.67. The van der Waals surface area contributed by atoms with Crippen LogP contribution in [0, 0.1) is 0 Å². The van der Waals surface area contributed by atoms with Crippen molar-refractivity contribution in [2.45, 2.75) is 25.8 Å². The van der Waals surface area contributed by atoms with E-state index in [9.17, 15) is 0 Å². The molecule has 106 valence electrons. The van der Waals surface area contributed by atoms with E-state index in [0.717, 1.165) is 45.8 Å². The molecule has 0 aromatic heterocycles. The fourth-order valence-corrected chi connectivity index (χ4v) is 2.51. The van der Waals surface area contributed by atoms with Gasteiger partial charge in [-0.25, -0.2) is 0 Å². The van der Waals surface area contributed by atoms with Gasteiger partial charge in [-0.15, -0.1) is 0 Å². The average Bonchev–Trinajstić information content (AvgIpc) is 2.48. The first-order valence-electron chi connectivity index (χ1n) is 7.46. The summed E-state index contributed by atoms with van der Waals surface area (Å²) in [7, 11) is 0. The maximum atomic E-state index is 5.37. The third-order valence-electron chi connectivity index (χ3n) is 3.78. The zero-order valence-corrected chi connectivity index (χ0v) is 12.0. The van der Waals surface area contributed by atoms with Gasteiger partial charge < -0.3 is 10.1 Å². The predicted molar refractivity (Wildman–Crippen MR) is 79.5 cm³/mol. The molecule has 1 heterocycles. The van der Waals surface area contributed by atoms with E-state index in [2.05, 4.69) is 47.5 Å². The molecule has 1 atom stereocenters. The van der Waals surface area contributed by atoms with Crippen molar-refractivity contribution in [1.29, 1.82) is 0 Å². The number of nitrogens with one attached hydrogen (secondary N) is 1. The molecule has 1 aliphatic rings. The molecule has 3 nitrogen and oxygen atoms in total. The Kier molecular flexibility index (Phi) is 6.34. The summed E-state index contributed by atoms with van der Waals surface area (Å²) in [6, 6.07) is 11.3. The summed E-state index contributed by atoms with van der Waals surface area (Å²) < 4.78 is 5.37. The van der Waals surface area contributed by atoms with E-state index in [1.165, 1.54) is 12.0 Å². The monoisotopic (exact) mass is 262 g/mol. The first kappa shape index (κ1) is 14.5. The van der Waals surface area contributed by atoms with Crippen LogP contribution in [0.2, 0.25) is 0 Å². The third kappa shape index (κ3) is 5.31. The number of benzene rings is 1. The van der Waals surface area contributed by atoms with Crippen LogP contribution in [-0.2, 0) is 11.2 Å². The molecular formula is C16H26N2O. The van der Waals surface area contributed by atoms with Gasteiger partial charge in [0, 0.05) is 32.2 Å². The van der Waals surface area contributed by atoms with Crippen LogP contribution < -0.4 is 5.32 Å². The molecule has 1 N–H and O–H groups in total. The summed E-state index contributed by atoms with van der Waals surface area (Å²) in [5, 5.41) is 3.68. The molecule has 0 spiro atoms. The first-order valence-corrected chi connectivity index (χ1v) is 7.46. The van der Waals surface area contributed by atoms with Crippen molar-refractivity contribution in [3.8, 4) is 0 Å². The van der Waals surface area contributed by atoms with Gasteiger partial charge in [0.25, 0.3) is 0 Å². The summed E-state index contributed by atoms with van der Waals surface area (Å²) >= 11 is 0. The lowest BCUT2D eigenvalue weighted by Gasteiger charge is -2.27. The molecule has 2 rings (SSSR count). The first-order chi connectivity index (χ1) is 9.38. The van der Waals surface area contributed by atoms with E-state index < -0.39 is 0 Å². The molecule has 19 heavy (non-hydrogen) atoms. The Hall–Kier alpha value is -0.900. The minimum absolute atomic E-state index is 0.587. The zero-order valence-electron chi connectivity index (χ0n) is 12.0. The molecule has 0 saturated carbocycles. The van der Waals surface area contributed by atoms with Gasteiger partial charge in [-0.2, -0.15) is 0 Å². The van der Waals surface area contributed by atoms with Crippen molar-refractivity contribution in [2.75, 3.05) is 39.4 Å². The number of morpholine rings is 1. The van der Waals surface area contributed by atoms with Crippen molar-refractivity contribution in [3.63, 3.8) is 0 Å². The number of ether oxygens (including phenoxy) is 1. The quantitative estimate of drug-likeness (QED) is 0.812. The van der Waals surface area contributed by atoms with Crippen LogP contribution in [0.1, 0.15) is 18.9 Å². The van der Waals surface area contributed by atoms with E-state index in [1.54, 1.807) is 0 Å². The normalized spacial score (nSPS) is 18.4. The summed E-state index contributed by atoms with van der Waals surface area (Å²) in [6.45, 7) is 8.41. The Morgan fingerprint density at radius 2 is 1.95 bits per heavy atom. The number of hydrogen-bond donors (Lipinski definition) is 1. The van der Waals surface area contributed by atoms with Crippen molar-refractivity contribution >= 4 is 0 Å². The van der Waals surface area contributed by atoms with Gasteiger partial charge in [0.2, 0.25) is 0 Å². The highest BCUT2D eigenvalue weighted by Gasteiger charge is 2.11. The van der Waals surface area contributed by atoms with Crippen molar-refractivity contribution in [2.24, 2.45) is 0 Å². The molecule has 1 saturated heterocycles. The van der Waals surface area contributed by atoms with Crippen LogP contribution >= 0.6 is 0 Å². The molecule has 3 heteroatoms. The largest absolute Gasteiger partial charge is 0.379 e. The highest BCUT2D eigenvalue weighted by Crippen LogP contribution is 2.05. The summed E-state index contributed by atoms with van der Waals surface area (Å²) in [5.41, 5.74) is 1.42. The summed E-state index contributed by atoms with van der Waals surface area (Å²) in [5.74, 6) is 0. The van der Waals surface area contributed by atoms with Gasteiger partial charge in [-0.3, -0.25) is 4.90 Å². The standard InChI is InChI=1S/C16H26N2O/c1-2-16(14-15-6-4-3-5-7-15)17-8-9-18-10-12-19-13-11-18/h3-7,16-17H,2,8-14H2,1H3. The Labute approximate surface area is 116 Å². The van der Waals surface area contributed by atoms with Gasteiger partial charge in [0.1, 0.15) is 0 Å². The van der Waals surface area contributed by atoms with Gasteiger partial charge in [0.15, 0.2) is 0 Å². The smallest absolute Gasteiger partial charge is 0.0594 e. The van der Waals surface area contributed by atoms with Crippen molar-refractivity contribution in [1.82, 2.24) is 10.2 Å². The SMILES string of the molecule is CCC(Cc1ccccc1)NCCN1CCOCC1. The lowest BCUT2D eigenvalue weighted by Crippen LogP contribution is -2.42. The van der Waals surface area contributed by atoms with E-state index in [1.807, 2.05) is 0 Å². The number of rotatable bonds is 7. The molecule has 0 amide bonds. The molecule has 1 aromatic carbocycles. The van der Waals surface area contributed by atoms with E-state index in [0.29, 0.717) is 6.04 Å². The average molecular weight is 262 g/mol. The molecule has 1 unspecified atom stereocenters. The zero-order chi connectivity index (χ0) is 13.3. The van der Waals surface area contributed by atoms with E-state index >= 15 is 0 Å². The fraction of sp³-hybridized carbons (Fsp3) is 0.625. The molecule has 1 aliphatic heterocycles. The molecular weight excluding hydrogens is 236 g/mol. The minimum atomic E-state index is 0.587. The Morgan fingerprint density at radius 1 is 1.21 bits per heavy atom. The maximum absolute atomic E-state index is 5.37. The molecule has 1 fully saturated rings. The highest BCUT2D eigenvalue weighted by molar-refractivity contribution is 5.15. The minimum Gasteiger partial charge on any atom is -0.379 e. The van der Waals surface area contributed by atoms with Gasteiger partial charge in [-0.05, 0) is 18.4 Å². The molecule has 0 radical (unpaired) electrons. The topological polar surface area (TPSA) is 24.5 Å². The second-order valence-corrected chi connectivity index (χ2v) is 5.20. The number of nitrogens with zero attached hydrogens (tertiary/aromatic N) is 1. The second kappa shape index (κ2) is 8.31. The second-order valence-electron chi connectivity index (χ2n) is 5.20. The van der Waals surface area contributed by atoms with E-state index in [-0.39, 0.29) is 0 Å². The van der Waals surface area contributed by atoms with Crippen LogP contribution in [0.3, 0.4) is 0 Å². The van der Waals surface area contributed by atoms with Crippen LogP contribution in [0.25, 0.3) is 0 Å². The van der Waals surface area contributed by atoms with Gasteiger partial charge in [0.05, 0.1) is 13.2 Å². The van der Waals surface area contributed by atoms with Crippen molar-refractivity contribution in [3.05, 3.63) is 35.9 Å². The lowest BCUT2D eigenvalue weighted by atomic mass is 10.0. The van der Waals surface area contributed by atoms with Crippen LogP contribution in [0.4, 0.5) is 0 Å². The van der Waals surface area contributed by atoms with Gasteiger partial charge >= 0.3 is 0 Å². The highest BCUT2D eigenvalue weighted by atomic mass is 16.5. The molecule has 0 aliphatic carbocycles. The maximum Gasteiger partial charge on any atom is 0.0594 e.